The summed E-state index contributed by atoms with van der Waals surface area (Å²) in [5, 5.41) is 4.00. The average Bonchev–Trinajstić information content (AvgIpc) is 2.69. The number of amides is 2. The number of fused-ring (bicyclic) bond motifs is 1. The third-order valence-corrected chi connectivity index (χ3v) is 6.68. The Morgan fingerprint density at radius 3 is 2.53 bits per heavy atom. The zero-order valence-corrected chi connectivity index (χ0v) is 19.9. The van der Waals surface area contributed by atoms with Crippen LogP contribution in [0.2, 0.25) is 0 Å². The van der Waals surface area contributed by atoms with Gasteiger partial charge in [0.2, 0.25) is 5.91 Å². The van der Waals surface area contributed by atoms with Gasteiger partial charge in [-0.15, -0.1) is 0 Å². The van der Waals surface area contributed by atoms with Crippen molar-refractivity contribution in [1.82, 2.24) is 20.2 Å². The van der Waals surface area contributed by atoms with Gasteiger partial charge in [-0.25, -0.2) is 4.98 Å². The smallest absolute Gasteiger partial charge is 0.270 e. The van der Waals surface area contributed by atoms with E-state index in [2.05, 4.69) is 65.8 Å². The van der Waals surface area contributed by atoms with Gasteiger partial charge in [-0.2, -0.15) is 0 Å². The van der Waals surface area contributed by atoms with Gasteiger partial charge < -0.3 is 10.2 Å². The second-order valence-electron chi connectivity index (χ2n) is 9.03. The Hall–Kier alpha value is -2.02. The molecule has 30 heavy (non-hydrogen) atoms. The van der Waals surface area contributed by atoms with E-state index >= 15 is 0 Å². The van der Waals surface area contributed by atoms with E-state index in [0.29, 0.717) is 35.5 Å². The second-order valence-corrected chi connectivity index (χ2v) is 9.89. The lowest BCUT2D eigenvalue weighted by molar-refractivity contribution is -0.140. The van der Waals surface area contributed by atoms with E-state index < -0.39 is 0 Å². The Kier molecular flexibility index (Phi) is 7.11. The summed E-state index contributed by atoms with van der Waals surface area (Å²) in [5.41, 5.74) is 1.08. The predicted molar refractivity (Wildman–Crippen MR) is 122 cm³/mol. The molecule has 3 rings (SSSR count). The number of hydrogen-bond acceptors (Lipinski definition) is 4. The largest absolute Gasteiger partial charge is 0.346 e. The number of nitrogens with zero attached hydrogens (tertiary/aromatic N) is 3. The number of carbonyl (C=O) groups excluding carboxylic acids is 2. The summed E-state index contributed by atoms with van der Waals surface area (Å²) >= 11 is 3.45. The number of aromatic nitrogens is 2. The minimum Gasteiger partial charge on any atom is -0.346 e. The summed E-state index contributed by atoms with van der Waals surface area (Å²) in [4.78, 5) is 36.7. The summed E-state index contributed by atoms with van der Waals surface area (Å²) in [6, 6.07) is 3.48. The summed E-state index contributed by atoms with van der Waals surface area (Å²) in [6.07, 6.45) is 4.27. The zero-order valence-electron chi connectivity index (χ0n) is 18.4. The van der Waals surface area contributed by atoms with Crippen LogP contribution < -0.4 is 5.32 Å². The first-order valence-corrected chi connectivity index (χ1v) is 11.5. The van der Waals surface area contributed by atoms with E-state index in [1.807, 2.05) is 11.0 Å². The standard InChI is InChI=1S/C23H31BrN4O2/c1-13(2)20(14(3)4)23(30)28-9-8-15(5)19(12-28)27-22(29)18-7-6-16-10-25-11-17(24)21(16)26-18/h6-7,10-11,13-15,19-20H,8-9,12H2,1-5H3,(H,27,29). The monoisotopic (exact) mass is 474 g/mol. The molecule has 0 radical (unpaired) electrons. The molecule has 0 aliphatic carbocycles. The fourth-order valence-electron chi connectivity index (χ4n) is 4.39. The Labute approximate surface area is 187 Å². The molecule has 1 N–H and O–H groups in total. The van der Waals surface area contributed by atoms with E-state index in [-0.39, 0.29) is 23.8 Å². The van der Waals surface area contributed by atoms with E-state index in [9.17, 15) is 9.59 Å². The van der Waals surface area contributed by atoms with Gasteiger partial charge in [0.1, 0.15) is 5.69 Å². The van der Waals surface area contributed by atoms with Gasteiger partial charge in [-0.3, -0.25) is 14.6 Å². The van der Waals surface area contributed by atoms with Crippen molar-refractivity contribution < 1.29 is 9.59 Å². The number of hydrogen-bond donors (Lipinski definition) is 1. The number of piperidine rings is 1. The molecule has 3 heterocycles. The normalized spacial score (nSPS) is 19.7. The molecule has 1 aliphatic heterocycles. The van der Waals surface area contributed by atoms with Crippen molar-refractivity contribution in [3.63, 3.8) is 0 Å². The van der Waals surface area contributed by atoms with Crippen molar-refractivity contribution in [2.24, 2.45) is 23.7 Å². The molecule has 7 heteroatoms. The molecule has 2 atom stereocenters. The number of likely N-dealkylation sites (tertiary alicyclic amines) is 1. The molecular weight excluding hydrogens is 444 g/mol. The fourth-order valence-corrected chi connectivity index (χ4v) is 4.82. The molecule has 0 spiro atoms. The van der Waals surface area contributed by atoms with Crippen LogP contribution in [0.4, 0.5) is 0 Å². The maximum Gasteiger partial charge on any atom is 0.270 e. The summed E-state index contributed by atoms with van der Waals surface area (Å²) in [7, 11) is 0. The third kappa shape index (κ3) is 4.82. The molecule has 0 aromatic carbocycles. The van der Waals surface area contributed by atoms with Gasteiger partial charge in [-0.05, 0) is 52.2 Å². The molecule has 1 saturated heterocycles. The van der Waals surface area contributed by atoms with Crippen LogP contribution in [-0.4, -0.2) is 45.8 Å². The SMILES string of the molecule is CC(C)C(C(=O)N1CCC(C)C(NC(=O)c2ccc3cncc(Br)c3n2)C1)C(C)C. The lowest BCUT2D eigenvalue weighted by Crippen LogP contribution is -2.55. The van der Waals surface area contributed by atoms with E-state index in [1.165, 1.54) is 0 Å². The number of pyridine rings is 2. The van der Waals surface area contributed by atoms with Crippen LogP contribution in [-0.2, 0) is 4.79 Å². The maximum atomic E-state index is 13.2. The van der Waals surface area contributed by atoms with Gasteiger partial charge in [0.15, 0.2) is 0 Å². The molecule has 162 valence electrons. The van der Waals surface area contributed by atoms with Gasteiger partial charge in [0.05, 0.1) is 9.99 Å². The second kappa shape index (κ2) is 9.41. The summed E-state index contributed by atoms with van der Waals surface area (Å²) in [6.45, 7) is 11.8. The predicted octanol–water partition coefficient (Wildman–Crippen LogP) is 4.29. The van der Waals surface area contributed by atoms with Gasteiger partial charge in [0, 0.05) is 42.8 Å². The fraction of sp³-hybridized carbons (Fsp3) is 0.565. The van der Waals surface area contributed by atoms with Gasteiger partial charge in [0.25, 0.3) is 5.91 Å². The quantitative estimate of drug-likeness (QED) is 0.700. The third-order valence-electron chi connectivity index (χ3n) is 6.09. The van der Waals surface area contributed by atoms with Crippen LogP contribution in [0.25, 0.3) is 10.9 Å². The number of nitrogens with one attached hydrogen (secondary N) is 1. The lowest BCUT2D eigenvalue weighted by atomic mass is 9.83. The molecule has 2 unspecified atom stereocenters. The highest BCUT2D eigenvalue weighted by Crippen LogP contribution is 2.27. The molecule has 1 fully saturated rings. The van der Waals surface area contributed by atoms with Crippen molar-refractivity contribution in [2.45, 2.75) is 47.1 Å². The number of rotatable bonds is 5. The maximum absolute atomic E-state index is 13.2. The van der Waals surface area contributed by atoms with Crippen LogP contribution in [0.3, 0.4) is 0 Å². The molecule has 1 aliphatic rings. The minimum atomic E-state index is -0.212. The van der Waals surface area contributed by atoms with Crippen molar-refractivity contribution in [3.05, 3.63) is 34.7 Å². The van der Waals surface area contributed by atoms with Crippen LogP contribution >= 0.6 is 15.9 Å². The van der Waals surface area contributed by atoms with Crippen LogP contribution in [0, 0.1) is 23.7 Å². The average molecular weight is 475 g/mol. The first-order valence-electron chi connectivity index (χ1n) is 10.7. The minimum absolute atomic E-state index is 0.00266. The van der Waals surface area contributed by atoms with E-state index in [4.69, 9.17) is 0 Å². The van der Waals surface area contributed by atoms with Crippen LogP contribution in [0.15, 0.2) is 29.0 Å². The Bertz CT molecular complexity index is 923. The molecule has 2 aromatic rings. The van der Waals surface area contributed by atoms with Crippen molar-refractivity contribution >= 4 is 38.6 Å². The first-order chi connectivity index (χ1) is 14.2. The zero-order chi connectivity index (χ0) is 22.0. The van der Waals surface area contributed by atoms with Crippen molar-refractivity contribution in [1.29, 1.82) is 0 Å². The van der Waals surface area contributed by atoms with E-state index in [0.717, 1.165) is 22.8 Å². The van der Waals surface area contributed by atoms with Gasteiger partial charge >= 0.3 is 0 Å². The lowest BCUT2D eigenvalue weighted by Gasteiger charge is -2.40. The van der Waals surface area contributed by atoms with E-state index in [1.54, 1.807) is 18.5 Å². The Morgan fingerprint density at radius 2 is 1.87 bits per heavy atom. The van der Waals surface area contributed by atoms with Crippen LogP contribution in [0.5, 0.6) is 0 Å². The number of carbonyl (C=O) groups is 2. The van der Waals surface area contributed by atoms with Crippen molar-refractivity contribution in [3.8, 4) is 0 Å². The molecule has 0 saturated carbocycles. The van der Waals surface area contributed by atoms with Crippen molar-refractivity contribution in [2.75, 3.05) is 13.1 Å². The Morgan fingerprint density at radius 1 is 1.17 bits per heavy atom. The number of halogens is 1. The summed E-state index contributed by atoms with van der Waals surface area (Å²) in [5.74, 6) is 0.871. The summed E-state index contributed by atoms with van der Waals surface area (Å²) < 4.78 is 0.755. The Balaban J connectivity index is 1.74. The highest BCUT2D eigenvalue weighted by molar-refractivity contribution is 9.10. The molecule has 0 bridgehead atoms. The molecule has 2 aromatic heterocycles. The first kappa shape index (κ1) is 22.7. The van der Waals surface area contributed by atoms with Gasteiger partial charge in [-0.1, -0.05) is 34.6 Å². The van der Waals surface area contributed by atoms with Crippen LogP contribution in [0.1, 0.15) is 51.5 Å². The molecular formula is C23H31BrN4O2. The molecule has 6 nitrogen and oxygen atoms in total. The topological polar surface area (TPSA) is 75.2 Å². The highest BCUT2D eigenvalue weighted by atomic mass is 79.9. The highest BCUT2D eigenvalue weighted by Gasteiger charge is 2.35. The molecule has 2 amide bonds.